The first kappa shape index (κ1) is 14.4. The molecule has 0 saturated carbocycles. The molecular formula is C10H24O2. The summed E-state index contributed by atoms with van der Waals surface area (Å²) in [5.41, 5.74) is -0.450. The van der Waals surface area contributed by atoms with Gasteiger partial charge in [-0.3, -0.25) is 0 Å². The molecule has 0 aliphatic rings. The third-order valence-electron chi connectivity index (χ3n) is 1.37. The zero-order chi connectivity index (χ0) is 10.0. The lowest BCUT2D eigenvalue weighted by Crippen LogP contribution is -2.16. The highest BCUT2D eigenvalue weighted by Gasteiger charge is 2.08. The lowest BCUT2D eigenvalue weighted by atomic mass is 10.0. The molecule has 76 valence electrons. The van der Waals surface area contributed by atoms with Crippen LogP contribution in [0.5, 0.6) is 0 Å². The molecule has 2 N–H and O–H groups in total. The number of aliphatic hydroxyl groups excluding tert-OH is 1. The van der Waals surface area contributed by atoms with Crippen LogP contribution in [0.25, 0.3) is 0 Å². The van der Waals surface area contributed by atoms with Crippen LogP contribution in [0.3, 0.4) is 0 Å². The van der Waals surface area contributed by atoms with E-state index >= 15 is 0 Å². The largest absolute Gasteiger partial charge is 0.396 e. The molecule has 0 bridgehead atoms. The molecule has 0 spiro atoms. The third-order valence-corrected chi connectivity index (χ3v) is 1.37. The van der Waals surface area contributed by atoms with Gasteiger partial charge in [-0.25, -0.2) is 0 Å². The maximum atomic E-state index is 9.02. The average molecular weight is 176 g/mol. The fourth-order valence-corrected chi connectivity index (χ4v) is 0.770. The quantitative estimate of drug-likeness (QED) is 0.690. The summed E-state index contributed by atoms with van der Waals surface area (Å²) in [5, 5.41) is 17.1. The molecule has 0 aliphatic carbocycles. The molecule has 0 heterocycles. The second-order valence-corrected chi connectivity index (χ2v) is 3.64. The first-order valence-electron chi connectivity index (χ1n) is 4.81. The van der Waals surface area contributed by atoms with Gasteiger partial charge in [0.1, 0.15) is 0 Å². The van der Waals surface area contributed by atoms with Gasteiger partial charge in [-0.05, 0) is 26.7 Å². The van der Waals surface area contributed by atoms with Crippen LogP contribution in [0.1, 0.15) is 53.4 Å². The van der Waals surface area contributed by atoms with Gasteiger partial charge in [0.2, 0.25) is 0 Å². The van der Waals surface area contributed by atoms with Gasteiger partial charge in [-0.15, -0.1) is 0 Å². The van der Waals surface area contributed by atoms with Crippen LogP contribution < -0.4 is 0 Å². The predicted octanol–water partition coefficient (Wildman–Crippen LogP) is 2.34. The zero-order valence-electron chi connectivity index (χ0n) is 8.93. The van der Waals surface area contributed by atoms with E-state index in [9.17, 15) is 0 Å². The van der Waals surface area contributed by atoms with Gasteiger partial charge in [0.15, 0.2) is 0 Å². The molecule has 0 amide bonds. The van der Waals surface area contributed by atoms with Gasteiger partial charge in [-0.2, -0.15) is 0 Å². The van der Waals surface area contributed by atoms with Crippen molar-refractivity contribution in [2.45, 2.75) is 59.0 Å². The number of hydrogen-bond donors (Lipinski definition) is 2. The predicted molar refractivity (Wildman–Crippen MR) is 53.2 cm³/mol. The Morgan fingerprint density at radius 1 is 1.08 bits per heavy atom. The molecule has 0 saturated heterocycles. The zero-order valence-corrected chi connectivity index (χ0v) is 8.93. The molecule has 0 aromatic heterocycles. The Kier molecular flexibility index (Phi) is 10.8. The highest BCUT2D eigenvalue weighted by molar-refractivity contribution is 4.61. The van der Waals surface area contributed by atoms with Crippen molar-refractivity contribution in [3.63, 3.8) is 0 Å². The second-order valence-electron chi connectivity index (χ2n) is 3.64. The fraction of sp³-hybridized carbons (Fsp3) is 1.00. The van der Waals surface area contributed by atoms with Gasteiger partial charge in [0, 0.05) is 6.61 Å². The van der Waals surface area contributed by atoms with E-state index < -0.39 is 5.60 Å². The first-order chi connectivity index (χ1) is 5.47. The highest BCUT2D eigenvalue weighted by atomic mass is 16.3. The molecule has 0 atom stereocenters. The minimum atomic E-state index is -0.450. The lowest BCUT2D eigenvalue weighted by molar-refractivity contribution is 0.0703. The summed E-state index contributed by atoms with van der Waals surface area (Å²) >= 11 is 0. The molecule has 0 aromatic carbocycles. The van der Waals surface area contributed by atoms with Crippen LogP contribution in [-0.2, 0) is 0 Å². The van der Waals surface area contributed by atoms with Crippen molar-refractivity contribution in [3.8, 4) is 0 Å². The number of aliphatic hydroxyl groups is 2. The summed E-state index contributed by atoms with van der Waals surface area (Å²) in [7, 11) is 0. The van der Waals surface area contributed by atoms with Crippen molar-refractivity contribution in [1.82, 2.24) is 0 Å². The molecule has 0 radical (unpaired) electrons. The van der Waals surface area contributed by atoms with Crippen LogP contribution in [0.15, 0.2) is 0 Å². The van der Waals surface area contributed by atoms with E-state index in [4.69, 9.17) is 10.2 Å². The van der Waals surface area contributed by atoms with Crippen LogP contribution in [0, 0.1) is 0 Å². The maximum Gasteiger partial charge on any atom is 0.0591 e. The van der Waals surface area contributed by atoms with Crippen LogP contribution in [-0.4, -0.2) is 22.4 Å². The normalized spacial score (nSPS) is 10.5. The Morgan fingerprint density at radius 2 is 1.58 bits per heavy atom. The molecule has 2 nitrogen and oxygen atoms in total. The Morgan fingerprint density at radius 3 is 1.58 bits per heavy atom. The minimum absolute atomic E-state index is 0.344. The number of hydrogen-bond acceptors (Lipinski definition) is 2. The first-order valence-corrected chi connectivity index (χ1v) is 4.81. The molecule has 2 heteroatoms. The summed E-state index contributed by atoms with van der Waals surface area (Å²) in [6.07, 6.45) is 3.99. The SMILES string of the molecule is CCCC(C)(C)O.CCCCO. The van der Waals surface area contributed by atoms with Crippen molar-refractivity contribution >= 4 is 0 Å². The molecule has 12 heavy (non-hydrogen) atoms. The standard InChI is InChI=1S/C6H14O.C4H10O/c1-4-5-6(2,3)7;1-2-3-4-5/h7H,4-5H2,1-3H3;5H,2-4H2,1H3. The Balaban J connectivity index is 0. The van der Waals surface area contributed by atoms with E-state index in [1.165, 1.54) is 0 Å². The van der Waals surface area contributed by atoms with E-state index in [-0.39, 0.29) is 0 Å². The summed E-state index contributed by atoms with van der Waals surface area (Å²) in [4.78, 5) is 0. The Labute approximate surface area is 76.6 Å². The number of rotatable bonds is 4. The van der Waals surface area contributed by atoms with Gasteiger partial charge in [0.05, 0.1) is 5.60 Å². The maximum absolute atomic E-state index is 9.02. The molecule has 0 aliphatic heterocycles. The van der Waals surface area contributed by atoms with E-state index in [0.717, 1.165) is 25.7 Å². The van der Waals surface area contributed by atoms with E-state index in [1.807, 2.05) is 13.8 Å². The average Bonchev–Trinajstić information content (AvgIpc) is 1.87. The van der Waals surface area contributed by atoms with Gasteiger partial charge in [-0.1, -0.05) is 26.7 Å². The van der Waals surface area contributed by atoms with Crippen molar-refractivity contribution in [3.05, 3.63) is 0 Å². The molecule has 0 unspecified atom stereocenters. The van der Waals surface area contributed by atoms with Gasteiger partial charge < -0.3 is 10.2 Å². The molecule has 0 fully saturated rings. The highest BCUT2D eigenvalue weighted by Crippen LogP contribution is 2.08. The third kappa shape index (κ3) is 22.5. The Bertz CT molecular complexity index is 72.4. The van der Waals surface area contributed by atoms with Crippen LogP contribution in [0.4, 0.5) is 0 Å². The van der Waals surface area contributed by atoms with E-state index in [2.05, 4.69) is 13.8 Å². The van der Waals surface area contributed by atoms with Crippen molar-refractivity contribution < 1.29 is 10.2 Å². The summed E-state index contributed by atoms with van der Waals surface area (Å²) in [5.74, 6) is 0. The van der Waals surface area contributed by atoms with Gasteiger partial charge >= 0.3 is 0 Å². The van der Waals surface area contributed by atoms with E-state index in [1.54, 1.807) is 0 Å². The van der Waals surface area contributed by atoms with Crippen LogP contribution >= 0.6 is 0 Å². The molecule has 0 rings (SSSR count). The topological polar surface area (TPSA) is 40.5 Å². The summed E-state index contributed by atoms with van der Waals surface area (Å²) < 4.78 is 0. The molecular weight excluding hydrogens is 152 g/mol. The van der Waals surface area contributed by atoms with E-state index in [0.29, 0.717) is 6.61 Å². The van der Waals surface area contributed by atoms with Crippen molar-refractivity contribution in [1.29, 1.82) is 0 Å². The lowest BCUT2D eigenvalue weighted by Gasteiger charge is -2.14. The minimum Gasteiger partial charge on any atom is -0.396 e. The monoisotopic (exact) mass is 176 g/mol. The second kappa shape index (κ2) is 9.01. The van der Waals surface area contributed by atoms with Crippen molar-refractivity contribution in [2.75, 3.05) is 6.61 Å². The van der Waals surface area contributed by atoms with Crippen molar-refractivity contribution in [2.24, 2.45) is 0 Å². The van der Waals surface area contributed by atoms with Crippen LogP contribution in [0.2, 0.25) is 0 Å². The summed E-state index contributed by atoms with van der Waals surface area (Å²) in [6, 6.07) is 0. The van der Waals surface area contributed by atoms with Gasteiger partial charge in [0.25, 0.3) is 0 Å². The Hall–Kier alpha value is -0.0800. The number of unbranched alkanes of at least 4 members (excludes halogenated alkanes) is 1. The smallest absolute Gasteiger partial charge is 0.0591 e. The molecule has 0 aromatic rings. The fourth-order valence-electron chi connectivity index (χ4n) is 0.770. The summed E-state index contributed by atoms with van der Waals surface area (Å²) in [6.45, 7) is 8.12.